The van der Waals surface area contributed by atoms with Gasteiger partial charge in [-0.3, -0.25) is 4.79 Å². The van der Waals surface area contributed by atoms with E-state index in [9.17, 15) is 18.5 Å². The molecule has 33 heavy (non-hydrogen) atoms. The lowest BCUT2D eigenvalue weighted by Crippen LogP contribution is -2.13. The van der Waals surface area contributed by atoms with E-state index in [4.69, 9.17) is 32.1 Å². The maximum atomic E-state index is 12.5. The molecule has 0 aliphatic rings. The molecule has 0 unspecified atom stereocenters. The Hall–Kier alpha value is -3.51. The van der Waals surface area contributed by atoms with Gasteiger partial charge in [-0.05, 0) is 60.2 Å². The van der Waals surface area contributed by atoms with Crippen molar-refractivity contribution in [1.29, 1.82) is 5.26 Å². The van der Waals surface area contributed by atoms with E-state index in [-0.39, 0.29) is 32.0 Å². The van der Waals surface area contributed by atoms with Crippen LogP contribution in [0.15, 0.2) is 77.2 Å². The predicted octanol–water partition coefficient (Wildman–Crippen LogP) is 5.32. The summed E-state index contributed by atoms with van der Waals surface area (Å²) in [6.45, 7) is 0. The topological polar surface area (TPSA) is 105 Å². The molecular weight excluding hydrogens is 487 g/mol. The summed E-state index contributed by atoms with van der Waals surface area (Å²) in [5.41, 5.74) is 0.389. The second kappa shape index (κ2) is 10.4. The summed E-state index contributed by atoms with van der Waals surface area (Å²) in [5.74, 6) is -0.198. The van der Waals surface area contributed by atoms with E-state index in [2.05, 4.69) is 5.32 Å². The molecule has 0 atom stereocenters. The van der Waals surface area contributed by atoms with Gasteiger partial charge in [-0.1, -0.05) is 41.4 Å². The Labute approximate surface area is 200 Å². The first-order valence-corrected chi connectivity index (χ1v) is 11.5. The monoisotopic (exact) mass is 502 g/mol. The van der Waals surface area contributed by atoms with Crippen molar-refractivity contribution >= 4 is 51.0 Å². The summed E-state index contributed by atoms with van der Waals surface area (Å²) in [6, 6.07) is 18.2. The van der Waals surface area contributed by atoms with E-state index in [1.54, 1.807) is 24.3 Å². The number of hydrogen-bond acceptors (Lipinski definition) is 6. The SMILES string of the molecule is COc1ccc(S(=O)(=O)Oc2cccc(/C=C(\C#N)C(=O)Nc3cccc(Cl)c3Cl)c2)cc1. The maximum absolute atomic E-state index is 12.5. The van der Waals surface area contributed by atoms with Crippen LogP contribution in [0.2, 0.25) is 10.0 Å². The molecule has 0 saturated carbocycles. The highest BCUT2D eigenvalue weighted by atomic mass is 35.5. The first kappa shape index (κ1) is 24.1. The van der Waals surface area contributed by atoms with Gasteiger partial charge in [0.1, 0.15) is 28.0 Å². The molecule has 0 heterocycles. The van der Waals surface area contributed by atoms with Crippen molar-refractivity contribution in [3.05, 3.63) is 87.9 Å². The van der Waals surface area contributed by atoms with Crippen LogP contribution in [0, 0.1) is 11.3 Å². The maximum Gasteiger partial charge on any atom is 0.339 e. The number of nitrogens with zero attached hydrogens (tertiary/aromatic N) is 1. The first-order chi connectivity index (χ1) is 15.7. The highest BCUT2D eigenvalue weighted by Crippen LogP contribution is 2.30. The third-order valence-electron chi connectivity index (χ3n) is 4.29. The molecule has 0 aliphatic heterocycles. The molecule has 3 rings (SSSR count). The van der Waals surface area contributed by atoms with Gasteiger partial charge in [-0.15, -0.1) is 0 Å². The van der Waals surface area contributed by atoms with Crippen LogP contribution in [0.4, 0.5) is 5.69 Å². The van der Waals surface area contributed by atoms with E-state index >= 15 is 0 Å². The number of rotatable bonds is 7. The molecule has 168 valence electrons. The van der Waals surface area contributed by atoms with Gasteiger partial charge in [0.25, 0.3) is 5.91 Å². The number of amides is 1. The summed E-state index contributed by atoms with van der Waals surface area (Å²) >= 11 is 12.0. The third-order valence-corrected chi connectivity index (χ3v) is 6.37. The van der Waals surface area contributed by atoms with Crippen LogP contribution in [-0.2, 0) is 14.9 Å². The number of benzene rings is 3. The van der Waals surface area contributed by atoms with Crippen LogP contribution < -0.4 is 14.2 Å². The Morgan fingerprint density at radius 3 is 2.39 bits per heavy atom. The molecule has 1 N–H and O–H groups in total. The second-order valence-electron chi connectivity index (χ2n) is 6.51. The molecule has 0 fully saturated rings. The van der Waals surface area contributed by atoms with E-state index in [0.717, 1.165) is 0 Å². The Morgan fingerprint density at radius 1 is 1.03 bits per heavy atom. The van der Waals surface area contributed by atoms with Gasteiger partial charge in [0.05, 0.1) is 22.8 Å². The number of carbonyl (C=O) groups is 1. The fourth-order valence-corrected chi connectivity index (χ4v) is 3.95. The van der Waals surface area contributed by atoms with Crippen LogP contribution in [0.1, 0.15) is 5.56 Å². The van der Waals surface area contributed by atoms with E-state index in [0.29, 0.717) is 11.3 Å². The number of methoxy groups -OCH3 is 1. The Kier molecular flexibility index (Phi) is 7.61. The molecule has 3 aromatic rings. The zero-order valence-electron chi connectivity index (χ0n) is 17.1. The molecule has 0 aromatic heterocycles. The predicted molar refractivity (Wildman–Crippen MR) is 126 cm³/mol. The summed E-state index contributed by atoms with van der Waals surface area (Å²) in [4.78, 5) is 12.5. The van der Waals surface area contributed by atoms with Crippen molar-refractivity contribution < 1.29 is 22.1 Å². The van der Waals surface area contributed by atoms with Crippen molar-refractivity contribution in [2.45, 2.75) is 4.90 Å². The zero-order valence-corrected chi connectivity index (χ0v) is 19.4. The molecule has 1 amide bonds. The normalized spacial score (nSPS) is 11.4. The quantitative estimate of drug-likeness (QED) is 0.266. The molecule has 0 aliphatic carbocycles. The fourth-order valence-electron chi connectivity index (χ4n) is 2.68. The van der Waals surface area contributed by atoms with Gasteiger partial charge >= 0.3 is 10.1 Å². The van der Waals surface area contributed by atoms with E-state index in [1.165, 1.54) is 55.7 Å². The highest BCUT2D eigenvalue weighted by molar-refractivity contribution is 7.87. The second-order valence-corrected chi connectivity index (χ2v) is 8.84. The molecule has 10 heteroatoms. The average molecular weight is 503 g/mol. The Bertz CT molecular complexity index is 1360. The lowest BCUT2D eigenvalue weighted by Gasteiger charge is -2.09. The molecule has 3 aromatic carbocycles. The molecule has 0 bridgehead atoms. The Morgan fingerprint density at radius 2 is 1.73 bits per heavy atom. The van der Waals surface area contributed by atoms with Gasteiger partial charge < -0.3 is 14.2 Å². The largest absolute Gasteiger partial charge is 0.497 e. The van der Waals surface area contributed by atoms with Crippen LogP contribution in [-0.4, -0.2) is 21.4 Å². The lowest BCUT2D eigenvalue weighted by atomic mass is 10.1. The Balaban J connectivity index is 1.81. The number of nitriles is 1. The van der Waals surface area contributed by atoms with Crippen molar-refractivity contribution in [3.8, 4) is 17.6 Å². The average Bonchev–Trinajstić information content (AvgIpc) is 2.80. The van der Waals surface area contributed by atoms with E-state index < -0.39 is 16.0 Å². The van der Waals surface area contributed by atoms with Crippen molar-refractivity contribution in [1.82, 2.24) is 0 Å². The van der Waals surface area contributed by atoms with Crippen LogP contribution in [0.25, 0.3) is 6.08 Å². The van der Waals surface area contributed by atoms with Crippen molar-refractivity contribution in [3.63, 3.8) is 0 Å². The summed E-state index contributed by atoms with van der Waals surface area (Å²) < 4.78 is 35.3. The lowest BCUT2D eigenvalue weighted by molar-refractivity contribution is -0.112. The molecular formula is C23H16Cl2N2O5S. The molecule has 0 radical (unpaired) electrons. The number of carbonyl (C=O) groups excluding carboxylic acids is 1. The third kappa shape index (κ3) is 6.05. The van der Waals surface area contributed by atoms with Crippen LogP contribution >= 0.6 is 23.2 Å². The van der Waals surface area contributed by atoms with Gasteiger partial charge in [0, 0.05) is 0 Å². The summed E-state index contributed by atoms with van der Waals surface area (Å²) in [7, 11) is -2.63. The molecule has 0 saturated heterocycles. The standard InChI is InChI=1S/C23H16Cl2N2O5S/c1-31-17-8-10-19(11-9-17)33(29,30)32-18-5-2-4-15(13-18)12-16(14-26)23(28)27-21-7-3-6-20(24)22(21)25/h2-13H,1H3,(H,27,28)/b16-12+. The molecule has 7 nitrogen and oxygen atoms in total. The van der Waals surface area contributed by atoms with Gasteiger partial charge in [0.15, 0.2) is 0 Å². The van der Waals surface area contributed by atoms with Crippen LogP contribution in [0.3, 0.4) is 0 Å². The number of hydrogen-bond donors (Lipinski definition) is 1. The van der Waals surface area contributed by atoms with Crippen LogP contribution in [0.5, 0.6) is 11.5 Å². The minimum absolute atomic E-state index is 0.00940. The smallest absolute Gasteiger partial charge is 0.339 e. The highest BCUT2D eigenvalue weighted by Gasteiger charge is 2.17. The van der Waals surface area contributed by atoms with Gasteiger partial charge in [-0.25, -0.2) is 0 Å². The van der Waals surface area contributed by atoms with Gasteiger partial charge in [0.2, 0.25) is 0 Å². The van der Waals surface area contributed by atoms with Gasteiger partial charge in [-0.2, -0.15) is 13.7 Å². The number of halogens is 2. The minimum atomic E-state index is -4.10. The van der Waals surface area contributed by atoms with Crippen molar-refractivity contribution in [2.75, 3.05) is 12.4 Å². The molecule has 0 spiro atoms. The number of nitrogens with one attached hydrogen (secondary N) is 1. The summed E-state index contributed by atoms with van der Waals surface area (Å²) in [6.07, 6.45) is 1.29. The van der Waals surface area contributed by atoms with E-state index in [1.807, 2.05) is 6.07 Å². The fraction of sp³-hybridized carbons (Fsp3) is 0.0435. The summed E-state index contributed by atoms with van der Waals surface area (Å²) in [5, 5.41) is 12.3. The van der Waals surface area contributed by atoms with Crippen molar-refractivity contribution in [2.24, 2.45) is 0 Å². The zero-order chi connectivity index (χ0) is 24.0. The first-order valence-electron chi connectivity index (χ1n) is 9.29. The number of ether oxygens (including phenoxy) is 1. The number of anilines is 1. The minimum Gasteiger partial charge on any atom is -0.497 e.